The number of aryl methyl sites for hydroxylation is 1. The highest BCUT2D eigenvalue weighted by molar-refractivity contribution is 5.29. The van der Waals surface area contributed by atoms with Gasteiger partial charge in [-0.25, -0.2) is 0 Å². The van der Waals surface area contributed by atoms with Crippen LogP contribution in [0.25, 0.3) is 0 Å². The van der Waals surface area contributed by atoms with Crippen molar-refractivity contribution in [1.82, 2.24) is 10.3 Å². The standard InChI is InChI=1S/C18H24N2O2/c1-13(2)22-17-8-6-15(7-9-17)18(21)12-19-11-16-5-4-10-20-14(16)3/h4-10,13,18-19,21H,11-12H2,1-3H3. The van der Waals surface area contributed by atoms with E-state index in [0.29, 0.717) is 13.1 Å². The van der Waals surface area contributed by atoms with E-state index in [2.05, 4.69) is 10.3 Å². The number of benzene rings is 1. The van der Waals surface area contributed by atoms with Crippen molar-refractivity contribution >= 4 is 0 Å². The average molecular weight is 300 g/mol. The molecule has 0 aliphatic rings. The Bertz CT molecular complexity index is 582. The Morgan fingerprint density at radius 2 is 1.91 bits per heavy atom. The molecule has 2 rings (SSSR count). The number of pyridine rings is 1. The molecule has 118 valence electrons. The molecule has 0 saturated heterocycles. The lowest BCUT2D eigenvalue weighted by molar-refractivity contribution is 0.174. The number of nitrogens with zero attached hydrogens (tertiary/aromatic N) is 1. The Morgan fingerprint density at radius 3 is 2.55 bits per heavy atom. The molecule has 0 spiro atoms. The minimum absolute atomic E-state index is 0.153. The monoisotopic (exact) mass is 300 g/mol. The van der Waals surface area contributed by atoms with Crippen LogP contribution >= 0.6 is 0 Å². The average Bonchev–Trinajstić information content (AvgIpc) is 2.49. The van der Waals surface area contributed by atoms with Gasteiger partial charge in [0.05, 0.1) is 12.2 Å². The first-order chi connectivity index (χ1) is 10.6. The lowest BCUT2D eigenvalue weighted by Gasteiger charge is -2.14. The van der Waals surface area contributed by atoms with Crippen molar-refractivity contribution < 1.29 is 9.84 Å². The first kappa shape index (κ1) is 16.5. The predicted octanol–water partition coefficient (Wildman–Crippen LogP) is 3.00. The van der Waals surface area contributed by atoms with Crippen molar-refractivity contribution in [2.45, 2.75) is 39.5 Å². The highest BCUT2D eigenvalue weighted by Gasteiger charge is 2.08. The first-order valence-corrected chi connectivity index (χ1v) is 7.62. The second-order valence-corrected chi connectivity index (χ2v) is 5.63. The summed E-state index contributed by atoms with van der Waals surface area (Å²) in [5.74, 6) is 0.824. The molecule has 4 nitrogen and oxygen atoms in total. The molecule has 0 bridgehead atoms. The first-order valence-electron chi connectivity index (χ1n) is 7.62. The van der Waals surface area contributed by atoms with Crippen LogP contribution in [0.1, 0.15) is 36.8 Å². The summed E-state index contributed by atoms with van der Waals surface area (Å²) in [4.78, 5) is 4.25. The third-order valence-corrected chi connectivity index (χ3v) is 3.41. The molecule has 0 saturated carbocycles. The summed E-state index contributed by atoms with van der Waals surface area (Å²) in [6, 6.07) is 11.6. The maximum atomic E-state index is 10.2. The van der Waals surface area contributed by atoms with E-state index in [-0.39, 0.29) is 6.10 Å². The molecule has 1 aromatic heterocycles. The molecule has 0 aliphatic carbocycles. The molecular weight excluding hydrogens is 276 g/mol. The van der Waals surface area contributed by atoms with Gasteiger partial charge in [-0.2, -0.15) is 0 Å². The van der Waals surface area contributed by atoms with Crippen LogP contribution in [0.15, 0.2) is 42.6 Å². The number of hydrogen-bond acceptors (Lipinski definition) is 4. The summed E-state index contributed by atoms with van der Waals surface area (Å²) in [5.41, 5.74) is 3.04. The fourth-order valence-electron chi connectivity index (χ4n) is 2.21. The summed E-state index contributed by atoms with van der Waals surface area (Å²) < 4.78 is 5.60. The summed E-state index contributed by atoms with van der Waals surface area (Å²) in [7, 11) is 0. The fraction of sp³-hybridized carbons (Fsp3) is 0.389. The lowest BCUT2D eigenvalue weighted by Crippen LogP contribution is -2.21. The van der Waals surface area contributed by atoms with Crippen LogP contribution < -0.4 is 10.1 Å². The highest BCUT2D eigenvalue weighted by atomic mass is 16.5. The quantitative estimate of drug-likeness (QED) is 0.825. The van der Waals surface area contributed by atoms with Gasteiger partial charge in [0.1, 0.15) is 5.75 Å². The Kier molecular flexibility index (Phi) is 5.92. The van der Waals surface area contributed by atoms with Crippen molar-refractivity contribution in [3.05, 3.63) is 59.4 Å². The third-order valence-electron chi connectivity index (χ3n) is 3.41. The molecule has 0 radical (unpaired) electrons. The highest BCUT2D eigenvalue weighted by Crippen LogP contribution is 2.18. The van der Waals surface area contributed by atoms with Gasteiger partial charge in [0, 0.05) is 25.0 Å². The number of aromatic nitrogens is 1. The molecule has 22 heavy (non-hydrogen) atoms. The van der Waals surface area contributed by atoms with Gasteiger partial charge in [0.15, 0.2) is 0 Å². The lowest BCUT2D eigenvalue weighted by atomic mass is 10.1. The van der Waals surface area contributed by atoms with Crippen molar-refractivity contribution in [2.75, 3.05) is 6.54 Å². The van der Waals surface area contributed by atoms with Crippen molar-refractivity contribution in [3.8, 4) is 5.75 Å². The molecule has 0 aliphatic heterocycles. The molecule has 4 heteroatoms. The zero-order valence-electron chi connectivity index (χ0n) is 13.4. The Balaban J connectivity index is 1.84. The van der Waals surface area contributed by atoms with E-state index < -0.39 is 6.10 Å². The number of nitrogens with one attached hydrogen (secondary N) is 1. The Labute approximate surface area is 132 Å². The molecule has 1 atom stereocenters. The van der Waals surface area contributed by atoms with E-state index in [9.17, 15) is 5.11 Å². The van der Waals surface area contributed by atoms with Gasteiger partial charge < -0.3 is 15.2 Å². The van der Waals surface area contributed by atoms with Gasteiger partial charge in [-0.3, -0.25) is 4.98 Å². The molecule has 2 N–H and O–H groups in total. The van der Waals surface area contributed by atoms with E-state index in [1.807, 2.05) is 57.2 Å². The van der Waals surface area contributed by atoms with E-state index in [1.54, 1.807) is 6.20 Å². The molecule has 1 unspecified atom stereocenters. The van der Waals surface area contributed by atoms with E-state index in [4.69, 9.17) is 4.74 Å². The number of aliphatic hydroxyl groups is 1. The SMILES string of the molecule is Cc1ncccc1CNCC(O)c1ccc(OC(C)C)cc1. The molecule has 1 aromatic carbocycles. The van der Waals surface area contributed by atoms with Crippen molar-refractivity contribution in [3.63, 3.8) is 0 Å². The van der Waals surface area contributed by atoms with Crippen LogP contribution in [-0.4, -0.2) is 22.7 Å². The minimum Gasteiger partial charge on any atom is -0.491 e. The van der Waals surface area contributed by atoms with Crippen molar-refractivity contribution in [2.24, 2.45) is 0 Å². The Hall–Kier alpha value is -1.91. The fourth-order valence-corrected chi connectivity index (χ4v) is 2.21. The number of aliphatic hydroxyl groups excluding tert-OH is 1. The third kappa shape index (κ3) is 4.83. The van der Waals surface area contributed by atoms with Gasteiger partial charge in [0.25, 0.3) is 0 Å². The van der Waals surface area contributed by atoms with Crippen LogP contribution in [0.2, 0.25) is 0 Å². The summed E-state index contributed by atoms with van der Waals surface area (Å²) in [5, 5.41) is 13.5. The summed E-state index contributed by atoms with van der Waals surface area (Å²) in [6.07, 6.45) is 1.40. The number of hydrogen-bond donors (Lipinski definition) is 2. The molecule has 2 aromatic rings. The minimum atomic E-state index is -0.537. The van der Waals surface area contributed by atoms with Gasteiger partial charge in [0.2, 0.25) is 0 Å². The van der Waals surface area contributed by atoms with Gasteiger partial charge >= 0.3 is 0 Å². The van der Waals surface area contributed by atoms with Crippen LogP contribution in [0.4, 0.5) is 0 Å². The van der Waals surface area contributed by atoms with Gasteiger partial charge in [-0.1, -0.05) is 18.2 Å². The summed E-state index contributed by atoms with van der Waals surface area (Å²) >= 11 is 0. The Morgan fingerprint density at radius 1 is 1.18 bits per heavy atom. The molecular formula is C18H24N2O2. The van der Waals surface area contributed by atoms with Crippen LogP contribution in [0.5, 0.6) is 5.75 Å². The van der Waals surface area contributed by atoms with Crippen LogP contribution in [-0.2, 0) is 6.54 Å². The molecule has 0 fully saturated rings. The maximum Gasteiger partial charge on any atom is 0.119 e. The number of rotatable bonds is 7. The van der Waals surface area contributed by atoms with Crippen LogP contribution in [0, 0.1) is 6.92 Å². The largest absolute Gasteiger partial charge is 0.491 e. The second kappa shape index (κ2) is 7.92. The number of ether oxygens (including phenoxy) is 1. The van der Waals surface area contributed by atoms with Gasteiger partial charge in [-0.15, -0.1) is 0 Å². The zero-order chi connectivity index (χ0) is 15.9. The topological polar surface area (TPSA) is 54.4 Å². The van der Waals surface area contributed by atoms with Crippen LogP contribution in [0.3, 0.4) is 0 Å². The predicted molar refractivity (Wildman–Crippen MR) is 87.8 cm³/mol. The molecule has 1 heterocycles. The van der Waals surface area contributed by atoms with E-state index in [0.717, 1.165) is 22.6 Å². The van der Waals surface area contributed by atoms with E-state index >= 15 is 0 Å². The summed E-state index contributed by atoms with van der Waals surface area (Å²) in [6.45, 7) is 7.17. The maximum absolute atomic E-state index is 10.2. The normalized spacial score (nSPS) is 12.4. The smallest absolute Gasteiger partial charge is 0.119 e. The van der Waals surface area contributed by atoms with Crippen molar-refractivity contribution in [1.29, 1.82) is 0 Å². The van der Waals surface area contributed by atoms with Gasteiger partial charge in [-0.05, 0) is 50.1 Å². The second-order valence-electron chi connectivity index (χ2n) is 5.63. The molecule has 0 amide bonds. The zero-order valence-corrected chi connectivity index (χ0v) is 13.4. The van der Waals surface area contributed by atoms with E-state index in [1.165, 1.54) is 0 Å².